The van der Waals surface area contributed by atoms with Gasteiger partial charge in [-0.2, -0.15) is 12.6 Å². The lowest BCUT2D eigenvalue weighted by atomic mass is 9.75. The molecule has 2 heteroatoms. The van der Waals surface area contributed by atoms with Crippen LogP contribution >= 0.6 is 12.6 Å². The highest BCUT2D eigenvalue weighted by Crippen LogP contribution is 2.38. The summed E-state index contributed by atoms with van der Waals surface area (Å²) < 4.78 is 0. The highest BCUT2D eigenvalue weighted by Gasteiger charge is 2.32. The third-order valence-corrected chi connectivity index (χ3v) is 4.60. The van der Waals surface area contributed by atoms with Crippen molar-refractivity contribution in [2.75, 3.05) is 18.8 Å². The first kappa shape index (κ1) is 13.4. The van der Waals surface area contributed by atoms with Gasteiger partial charge >= 0.3 is 0 Å². The van der Waals surface area contributed by atoms with Gasteiger partial charge in [-0.05, 0) is 44.4 Å². The van der Waals surface area contributed by atoms with Gasteiger partial charge in [0.05, 0.1) is 0 Å². The van der Waals surface area contributed by atoms with E-state index in [4.69, 9.17) is 0 Å². The zero-order valence-electron chi connectivity index (χ0n) is 10.6. The summed E-state index contributed by atoms with van der Waals surface area (Å²) in [5.74, 6) is 1.07. The molecule has 0 unspecified atom stereocenters. The largest absolute Gasteiger partial charge is 0.301 e. The van der Waals surface area contributed by atoms with E-state index in [1.54, 1.807) is 0 Å². The van der Waals surface area contributed by atoms with Gasteiger partial charge in [-0.25, -0.2) is 0 Å². The Labute approximate surface area is 101 Å². The summed E-state index contributed by atoms with van der Waals surface area (Å²) in [5.41, 5.74) is 0.516. The average molecular weight is 229 g/mol. The number of hydrogen-bond donors (Lipinski definition) is 1. The van der Waals surface area contributed by atoms with Crippen molar-refractivity contribution in [3.63, 3.8) is 0 Å². The molecule has 0 aromatic carbocycles. The van der Waals surface area contributed by atoms with Crippen LogP contribution in [0.25, 0.3) is 0 Å². The molecular formula is C13H27NS. The Bertz CT molecular complexity index is 173. The van der Waals surface area contributed by atoms with E-state index in [1.807, 2.05) is 0 Å². The molecule has 1 saturated carbocycles. The fourth-order valence-corrected chi connectivity index (χ4v) is 3.17. The van der Waals surface area contributed by atoms with Gasteiger partial charge in [0.25, 0.3) is 0 Å². The van der Waals surface area contributed by atoms with Gasteiger partial charge < -0.3 is 4.90 Å². The van der Waals surface area contributed by atoms with Crippen LogP contribution in [0.1, 0.15) is 52.9 Å². The Kier molecular flexibility index (Phi) is 5.48. The van der Waals surface area contributed by atoms with Crippen LogP contribution in [0, 0.1) is 5.41 Å². The maximum atomic E-state index is 4.60. The minimum Gasteiger partial charge on any atom is -0.301 e. The predicted octanol–water partition coefficient (Wildman–Crippen LogP) is 3.60. The van der Waals surface area contributed by atoms with Crippen molar-refractivity contribution in [3.05, 3.63) is 0 Å². The SMILES string of the molecule is CCN(CC1(CS)CCCCC1)C(C)C. The van der Waals surface area contributed by atoms with Crippen LogP contribution in [-0.2, 0) is 0 Å². The summed E-state index contributed by atoms with van der Waals surface area (Å²) in [5, 5.41) is 0. The molecule has 0 amide bonds. The Balaban J connectivity index is 2.57. The molecule has 0 saturated heterocycles. The second kappa shape index (κ2) is 6.15. The highest BCUT2D eigenvalue weighted by atomic mass is 32.1. The first-order valence-corrected chi connectivity index (χ1v) is 7.12. The van der Waals surface area contributed by atoms with Crippen molar-refractivity contribution in [1.29, 1.82) is 0 Å². The van der Waals surface area contributed by atoms with Crippen molar-refractivity contribution < 1.29 is 0 Å². The van der Waals surface area contributed by atoms with E-state index in [2.05, 4.69) is 38.3 Å². The summed E-state index contributed by atoms with van der Waals surface area (Å²) in [6.07, 6.45) is 7.04. The zero-order chi connectivity index (χ0) is 11.3. The molecular weight excluding hydrogens is 202 g/mol. The quantitative estimate of drug-likeness (QED) is 0.705. The van der Waals surface area contributed by atoms with Gasteiger partial charge in [0.2, 0.25) is 0 Å². The first-order valence-electron chi connectivity index (χ1n) is 6.48. The zero-order valence-corrected chi connectivity index (χ0v) is 11.5. The van der Waals surface area contributed by atoms with Gasteiger partial charge in [0, 0.05) is 12.6 Å². The van der Waals surface area contributed by atoms with E-state index in [0.717, 1.165) is 5.75 Å². The lowest BCUT2D eigenvalue weighted by molar-refractivity contribution is 0.108. The third kappa shape index (κ3) is 3.67. The molecule has 1 aliphatic carbocycles. The summed E-state index contributed by atoms with van der Waals surface area (Å²) in [6.45, 7) is 9.31. The van der Waals surface area contributed by atoms with Crippen LogP contribution in [0.5, 0.6) is 0 Å². The van der Waals surface area contributed by atoms with Gasteiger partial charge in [-0.1, -0.05) is 26.2 Å². The maximum absolute atomic E-state index is 4.60. The van der Waals surface area contributed by atoms with Crippen LogP contribution < -0.4 is 0 Å². The Morgan fingerprint density at radius 2 is 1.80 bits per heavy atom. The van der Waals surface area contributed by atoms with E-state index < -0.39 is 0 Å². The lowest BCUT2D eigenvalue weighted by Crippen LogP contribution is -2.43. The summed E-state index contributed by atoms with van der Waals surface area (Å²) >= 11 is 4.60. The van der Waals surface area contributed by atoms with Gasteiger partial charge in [0.1, 0.15) is 0 Å². The molecule has 1 aliphatic rings. The molecule has 0 atom stereocenters. The van der Waals surface area contributed by atoms with E-state index in [-0.39, 0.29) is 0 Å². The highest BCUT2D eigenvalue weighted by molar-refractivity contribution is 7.80. The molecule has 90 valence electrons. The fourth-order valence-electron chi connectivity index (χ4n) is 2.76. The summed E-state index contributed by atoms with van der Waals surface area (Å²) in [6, 6.07) is 0.675. The number of nitrogens with zero attached hydrogens (tertiary/aromatic N) is 1. The second-order valence-corrected chi connectivity index (χ2v) is 5.69. The van der Waals surface area contributed by atoms with E-state index in [1.165, 1.54) is 45.2 Å². The molecule has 0 radical (unpaired) electrons. The second-order valence-electron chi connectivity index (χ2n) is 5.38. The number of rotatable bonds is 5. The van der Waals surface area contributed by atoms with E-state index in [0.29, 0.717) is 11.5 Å². The maximum Gasteiger partial charge on any atom is 0.00484 e. The smallest absolute Gasteiger partial charge is 0.00484 e. The minimum atomic E-state index is 0.516. The summed E-state index contributed by atoms with van der Waals surface area (Å²) in [4.78, 5) is 2.60. The topological polar surface area (TPSA) is 3.24 Å². The molecule has 0 aliphatic heterocycles. The van der Waals surface area contributed by atoms with Crippen molar-refractivity contribution in [3.8, 4) is 0 Å². The predicted molar refractivity (Wildman–Crippen MR) is 71.8 cm³/mol. The van der Waals surface area contributed by atoms with Crippen LogP contribution in [0.3, 0.4) is 0 Å². The van der Waals surface area contributed by atoms with Crippen molar-refractivity contribution >= 4 is 12.6 Å². The Morgan fingerprint density at radius 3 is 2.20 bits per heavy atom. The van der Waals surface area contributed by atoms with Crippen molar-refractivity contribution in [1.82, 2.24) is 4.90 Å². The van der Waals surface area contributed by atoms with E-state index in [9.17, 15) is 0 Å². The number of thiol groups is 1. The monoisotopic (exact) mass is 229 g/mol. The molecule has 15 heavy (non-hydrogen) atoms. The van der Waals surface area contributed by atoms with Crippen LogP contribution in [0.2, 0.25) is 0 Å². The average Bonchev–Trinajstić information content (AvgIpc) is 2.27. The molecule has 1 fully saturated rings. The Hall–Kier alpha value is 0.310. The molecule has 0 spiro atoms. The van der Waals surface area contributed by atoms with Crippen molar-refractivity contribution in [2.45, 2.75) is 58.9 Å². The molecule has 0 bridgehead atoms. The third-order valence-electron chi connectivity index (χ3n) is 3.92. The Morgan fingerprint density at radius 1 is 1.20 bits per heavy atom. The van der Waals surface area contributed by atoms with E-state index >= 15 is 0 Å². The standard InChI is InChI=1S/C13H27NS/c1-4-14(12(2)3)10-13(11-15)8-6-5-7-9-13/h12,15H,4-11H2,1-3H3. The van der Waals surface area contributed by atoms with Gasteiger partial charge in [0.15, 0.2) is 0 Å². The lowest BCUT2D eigenvalue weighted by Gasteiger charge is -2.41. The molecule has 0 heterocycles. The molecule has 1 rings (SSSR count). The van der Waals surface area contributed by atoms with Crippen LogP contribution in [0.15, 0.2) is 0 Å². The fraction of sp³-hybridized carbons (Fsp3) is 1.00. The molecule has 0 aromatic heterocycles. The molecule has 0 aromatic rings. The normalized spacial score (nSPS) is 21.2. The number of hydrogen-bond acceptors (Lipinski definition) is 2. The van der Waals surface area contributed by atoms with Crippen LogP contribution in [0.4, 0.5) is 0 Å². The molecule has 0 N–H and O–H groups in total. The van der Waals surface area contributed by atoms with Crippen LogP contribution in [-0.4, -0.2) is 29.8 Å². The first-order chi connectivity index (χ1) is 7.13. The molecule has 1 nitrogen and oxygen atoms in total. The van der Waals surface area contributed by atoms with Gasteiger partial charge in [-0.3, -0.25) is 0 Å². The summed E-state index contributed by atoms with van der Waals surface area (Å²) in [7, 11) is 0. The minimum absolute atomic E-state index is 0.516. The van der Waals surface area contributed by atoms with Crippen molar-refractivity contribution in [2.24, 2.45) is 5.41 Å². The van der Waals surface area contributed by atoms with Gasteiger partial charge in [-0.15, -0.1) is 0 Å².